The minimum Gasteiger partial charge on any atom is -0.490 e. The van der Waals surface area contributed by atoms with Crippen molar-refractivity contribution < 1.29 is 27.4 Å². The molecule has 2 aliphatic heterocycles. The van der Waals surface area contributed by atoms with Gasteiger partial charge in [0, 0.05) is 30.9 Å². The number of hydrogen-bond donors (Lipinski definition) is 1. The number of alkyl halides is 3. The summed E-state index contributed by atoms with van der Waals surface area (Å²) in [6.07, 6.45) is -1.80. The Morgan fingerprint density at radius 3 is 2.67 bits per heavy atom. The topological polar surface area (TPSA) is 63.7 Å². The molecule has 1 N–H and O–H groups in total. The number of pyridine rings is 1. The lowest BCUT2D eigenvalue weighted by atomic mass is 10.2. The maximum atomic E-state index is 12.9. The van der Waals surface area contributed by atoms with Crippen LogP contribution >= 0.6 is 11.6 Å². The Morgan fingerprint density at radius 2 is 1.93 bits per heavy atom. The second kappa shape index (κ2) is 8.22. The van der Waals surface area contributed by atoms with Gasteiger partial charge in [0.25, 0.3) is 0 Å². The highest BCUT2D eigenvalue weighted by Gasteiger charge is 2.35. The number of amides is 1. The summed E-state index contributed by atoms with van der Waals surface area (Å²) in [5, 5.41) is 2.70. The predicted octanol–water partition coefficient (Wildman–Crippen LogP) is 4.52. The van der Waals surface area contributed by atoms with E-state index in [0.29, 0.717) is 49.8 Å². The highest BCUT2D eigenvalue weighted by molar-refractivity contribution is 6.33. The first-order chi connectivity index (χ1) is 14.3. The fourth-order valence-corrected chi connectivity index (χ4v) is 3.83. The molecule has 1 amide bonds. The van der Waals surface area contributed by atoms with Crippen molar-refractivity contribution in [3.05, 3.63) is 41.0 Å². The average molecular weight is 442 g/mol. The molecule has 0 saturated carbocycles. The van der Waals surface area contributed by atoms with E-state index in [4.69, 9.17) is 21.1 Å². The minimum atomic E-state index is -4.53. The molecule has 1 saturated heterocycles. The molecule has 160 valence electrons. The molecule has 30 heavy (non-hydrogen) atoms. The molecule has 1 unspecified atom stereocenters. The molecule has 6 nitrogen and oxygen atoms in total. The van der Waals surface area contributed by atoms with E-state index in [9.17, 15) is 18.0 Å². The molecule has 1 aromatic heterocycles. The van der Waals surface area contributed by atoms with Crippen LogP contribution in [0.25, 0.3) is 0 Å². The van der Waals surface area contributed by atoms with Crippen LogP contribution in [-0.4, -0.2) is 36.7 Å². The van der Waals surface area contributed by atoms with Crippen molar-refractivity contribution in [3.8, 4) is 11.5 Å². The van der Waals surface area contributed by atoms with Crippen LogP contribution in [0, 0.1) is 0 Å². The second-order valence-electron chi connectivity index (χ2n) is 7.08. The third-order valence-corrected chi connectivity index (χ3v) is 5.27. The predicted molar refractivity (Wildman–Crippen MR) is 105 cm³/mol. The molecule has 2 aliphatic rings. The Hall–Kier alpha value is -2.68. The SMILES string of the molecule is O=C(Nc1ccc2c(c1)OCCCO2)C1CCCN1c1ncc(C(F)(F)F)cc1Cl. The Labute approximate surface area is 175 Å². The highest BCUT2D eigenvalue weighted by atomic mass is 35.5. The third-order valence-electron chi connectivity index (χ3n) is 4.99. The molecule has 3 heterocycles. The molecular weight excluding hydrogens is 423 g/mol. The zero-order valence-corrected chi connectivity index (χ0v) is 16.6. The zero-order valence-electron chi connectivity index (χ0n) is 15.8. The number of benzene rings is 1. The van der Waals surface area contributed by atoms with Gasteiger partial charge in [-0.1, -0.05) is 11.6 Å². The summed E-state index contributed by atoms with van der Waals surface area (Å²) in [6, 6.07) is 5.38. The third kappa shape index (κ3) is 4.26. The van der Waals surface area contributed by atoms with Crippen molar-refractivity contribution in [1.82, 2.24) is 4.98 Å². The van der Waals surface area contributed by atoms with Crippen LogP contribution in [0.15, 0.2) is 30.5 Å². The van der Waals surface area contributed by atoms with Gasteiger partial charge in [-0.2, -0.15) is 13.2 Å². The summed E-state index contributed by atoms with van der Waals surface area (Å²) < 4.78 is 49.8. The minimum absolute atomic E-state index is 0.139. The number of nitrogens with one attached hydrogen (secondary N) is 1. The number of ether oxygens (including phenoxy) is 2. The number of rotatable bonds is 3. The lowest BCUT2D eigenvalue weighted by Crippen LogP contribution is -2.40. The van der Waals surface area contributed by atoms with Crippen LogP contribution in [0.1, 0.15) is 24.8 Å². The van der Waals surface area contributed by atoms with E-state index in [1.165, 1.54) is 0 Å². The Balaban J connectivity index is 1.51. The van der Waals surface area contributed by atoms with Gasteiger partial charge in [-0.3, -0.25) is 4.79 Å². The normalized spacial score (nSPS) is 18.8. The highest BCUT2D eigenvalue weighted by Crippen LogP contribution is 2.36. The molecule has 1 aromatic carbocycles. The monoisotopic (exact) mass is 441 g/mol. The standard InChI is InChI=1S/C20H19ClF3N3O3/c21-14-9-12(20(22,23)24)11-25-18(14)27-6-1-3-15(27)19(28)26-13-4-5-16-17(10-13)30-8-2-7-29-16/h4-5,9-11,15H,1-3,6-8H2,(H,26,28). The zero-order chi connectivity index (χ0) is 21.3. The van der Waals surface area contributed by atoms with Gasteiger partial charge in [0.2, 0.25) is 5.91 Å². The number of nitrogens with zero attached hydrogens (tertiary/aromatic N) is 2. The van der Waals surface area contributed by atoms with Gasteiger partial charge in [0.05, 0.1) is 23.8 Å². The first kappa shape index (κ1) is 20.6. The number of aromatic nitrogens is 1. The number of anilines is 2. The van der Waals surface area contributed by atoms with Crippen molar-refractivity contribution in [2.24, 2.45) is 0 Å². The van der Waals surface area contributed by atoms with E-state index in [2.05, 4.69) is 10.3 Å². The van der Waals surface area contributed by atoms with Crippen molar-refractivity contribution in [3.63, 3.8) is 0 Å². The Morgan fingerprint density at radius 1 is 1.17 bits per heavy atom. The van der Waals surface area contributed by atoms with E-state index in [1.807, 2.05) is 0 Å². The molecule has 0 spiro atoms. The number of fused-ring (bicyclic) bond motifs is 1. The number of carbonyl (C=O) groups is 1. The van der Waals surface area contributed by atoms with E-state index in [0.717, 1.165) is 18.7 Å². The molecule has 1 atom stereocenters. The Bertz CT molecular complexity index is 955. The first-order valence-corrected chi connectivity index (χ1v) is 9.90. The summed E-state index contributed by atoms with van der Waals surface area (Å²) in [4.78, 5) is 18.4. The second-order valence-corrected chi connectivity index (χ2v) is 7.49. The molecule has 0 aliphatic carbocycles. The summed E-state index contributed by atoms with van der Waals surface area (Å²) in [5.41, 5.74) is -0.383. The molecule has 4 rings (SSSR count). The number of hydrogen-bond acceptors (Lipinski definition) is 5. The van der Waals surface area contributed by atoms with Gasteiger partial charge in [0.1, 0.15) is 11.9 Å². The summed E-state index contributed by atoms with van der Waals surface area (Å²) >= 11 is 6.07. The summed E-state index contributed by atoms with van der Waals surface area (Å²) in [6.45, 7) is 1.56. The van der Waals surface area contributed by atoms with Gasteiger partial charge in [-0.05, 0) is 31.0 Å². The van der Waals surface area contributed by atoms with Crippen molar-refractivity contribution >= 4 is 29.0 Å². The van der Waals surface area contributed by atoms with Crippen molar-refractivity contribution in [2.45, 2.75) is 31.5 Å². The lowest BCUT2D eigenvalue weighted by Gasteiger charge is -2.26. The van der Waals surface area contributed by atoms with Crippen LogP contribution in [0.3, 0.4) is 0 Å². The van der Waals surface area contributed by atoms with Gasteiger partial charge in [0.15, 0.2) is 11.5 Å². The molecule has 2 aromatic rings. The smallest absolute Gasteiger partial charge is 0.417 e. The van der Waals surface area contributed by atoms with Crippen molar-refractivity contribution in [2.75, 3.05) is 30.0 Å². The van der Waals surface area contributed by atoms with E-state index < -0.39 is 17.8 Å². The number of halogens is 4. The van der Waals surface area contributed by atoms with Crippen LogP contribution in [-0.2, 0) is 11.0 Å². The molecule has 0 radical (unpaired) electrons. The fourth-order valence-electron chi connectivity index (χ4n) is 3.56. The molecule has 0 bridgehead atoms. The van der Waals surface area contributed by atoms with Crippen LogP contribution in [0.5, 0.6) is 11.5 Å². The summed E-state index contributed by atoms with van der Waals surface area (Å²) in [5.74, 6) is 1.05. The molecular formula is C20H19ClF3N3O3. The number of carbonyl (C=O) groups excluding carboxylic acids is 1. The fraction of sp³-hybridized carbons (Fsp3) is 0.400. The van der Waals surface area contributed by atoms with Crippen LogP contribution < -0.4 is 19.7 Å². The lowest BCUT2D eigenvalue weighted by molar-refractivity contribution is -0.137. The average Bonchev–Trinajstić information content (AvgIpc) is 3.06. The molecule has 10 heteroatoms. The maximum absolute atomic E-state index is 12.9. The van der Waals surface area contributed by atoms with Gasteiger partial charge < -0.3 is 19.7 Å². The van der Waals surface area contributed by atoms with Gasteiger partial charge in [-0.25, -0.2) is 4.98 Å². The van der Waals surface area contributed by atoms with E-state index in [-0.39, 0.29) is 16.7 Å². The maximum Gasteiger partial charge on any atom is 0.417 e. The van der Waals surface area contributed by atoms with Crippen LogP contribution in [0.4, 0.5) is 24.7 Å². The summed E-state index contributed by atoms with van der Waals surface area (Å²) in [7, 11) is 0. The van der Waals surface area contributed by atoms with Crippen LogP contribution in [0.2, 0.25) is 5.02 Å². The van der Waals surface area contributed by atoms with Crippen molar-refractivity contribution in [1.29, 1.82) is 0 Å². The quantitative estimate of drug-likeness (QED) is 0.758. The van der Waals surface area contributed by atoms with E-state index in [1.54, 1.807) is 23.1 Å². The van der Waals surface area contributed by atoms with Gasteiger partial charge in [-0.15, -0.1) is 0 Å². The Kier molecular flexibility index (Phi) is 5.64. The van der Waals surface area contributed by atoms with Gasteiger partial charge >= 0.3 is 6.18 Å². The largest absolute Gasteiger partial charge is 0.490 e. The molecule has 1 fully saturated rings. The first-order valence-electron chi connectivity index (χ1n) is 9.53. The van der Waals surface area contributed by atoms with E-state index >= 15 is 0 Å².